The van der Waals surface area contributed by atoms with Gasteiger partial charge in [-0.3, -0.25) is 4.79 Å². The largest absolute Gasteiger partial charge is 0.354 e. The summed E-state index contributed by atoms with van der Waals surface area (Å²) in [6.07, 6.45) is 2.60. The summed E-state index contributed by atoms with van der Waals surface area (Å²) in [5, 5.41) is 6.67. The predicted molar refractivity (Wildman–Crippen MR) is 109 cm³/mol. The summed E-state index contributed by atoms with van der Waals surface area (Å²) in [6.45, 7) is 0.531. The molecule has 3 N–H and O–H groups in total. The number of halogens is 4. The van der Waals surface area contributed by atoms with Crippen LogP contribution in [0.25, 0.3) is 10.6 Å². The van der Waals surface area contributed by atoms with Crippen LogP contribution in [0.5, 0.6) is 0 Å². The molecule has 0 aliphatic heterocycles. The van der Waals surface area contributed by atoms with Crippen LogP contribution in [-0.4, -0.2) is 23.5 Å². The molecule has 1 amide bonds. The third-order valence-corrected chi connectivity index (χ3v) is 5.29. The summed E-state index contributed by atoms with van der Waals surface area (Å²) in [7, 11) is 0. The number of amides is 1. The summed E-state index contributed by atoms with van der Waals surface area (Å²) in [5.74, 6) is 0.522. The molecule has 1 aromatic heterocycles. The van der Waals surface area contributed by atoms with Crippen molar-refractivity contribution in [2.24, 2.45) is 11.7 Å². The monoisotopic (exact) mass is 441 g/mol. The minimum absolute atomic E-state index is 0. The van der Waals surface area contributed by atoms with Crippen LogP contribution in [-0.2, 0) is 11.2 Å². The van der Waals surface area contributed by atoms with E-state index in [4.69, 9.17) is 28.9 Å². The quantitative estimate of drug-likeness (QED) is 0.698. The van der Waals surface area contributed by atoms with Crippen molar-refractivity contribution in [2.75, 3.05) is 6.54 Å². The first-order valence-electron chi connectivity index (χ1n) is 7.45. The minimum atomic E-state index is -0.0554. The van der Waals surface area contributed by atoms with Gasteiger partial charge in [0.1, 0.15) is 5.01 Å². The van der Waals surface area contributed by atoms with Crippen LogP contribution >= 0.6 is 59.4 Å². The van der Waals surface area contributed by atoms with Gasteiger partial charge in [-0.25, -0.2) is 4.98 Å². The van der Waals surface area contributed by atoms with Crippen molar-refractivity contribution in [2.45, 2.75) is 25.3 Å². The fourth-order valence-electron chi connectivity index (χ4n) is 2.32. The number of benzene rings is 1. The molecule has 25 heavy (non-hydrogen) atoms. The lowest BCUT2D eigenvalue weighted by Crippen LogP contribution is -2.39. The normalized spacial score (nSPS) is 14.2. The molecular weight excluding hydrogens is 424 g/mol. The van der Waals surface area contributed by atoms with Crippen LogP contribution in [0.15, 0.2) is 23.6 Å². The van der Waals surface area contributed by atoms with E-state index in [0.717, 1.165) is 16.3 Å². The van der Waals surface area contributed by atoms with Crippen LogP contribution < -0.4 is 11.1 Å². The van der Waals surface area contributed by atoms with Crippen LogP contribution in [0.3, 0.4) is 0 Å². The Morgan fingerprint density at radius 1 is 1.36 bits per heavy atom. The number of carbonyl (C=O) groups is 1. The number of carbonyl (C=O) groups excluding carboxylic acids is 1. The molecule has 1 unspecified atom stereocenters. The lowest BCUT2D eigenvalue weighted by Gasteiger charge is -2.10. The third kappa shape index (κ3) is 6.27. The van der Waals surface area contributed by atoms with Crippen molar-refractivity contribution in [3.63, 3.8) is 0 Å². The SMILES string of the molecule is Cl.Cl.NC(CNC(=O)Cc1csc(-c2ccc(Cl)cc2Cl)n1)C1CC1. The molecule has 1 atom stereocenters. The molecule has 138 valence electrons. The second-order valence-electron chi connectivity index (χ2n) is 5.75. The van der Waals surface area contributed by atoms with Crippen LogP contribution in [0.2, 0.25) is 10.0 Å². The van der Waals surface area contributed by atoms with Gasteiger partial charge in [0.05, 0.1) is 17.1 Å². The number of nitrogens with zero attached hydrogens (tertiary/aromatic N) is 1. The number of nitrogens with two attached hydrogens (primary N) is 1. The molecule has 1 aliphatic rings. The molecule has 1 aromatic carbocycles. The number of thiazole rings is 1. The van der Waals surface area contributed by atoms with Crippen molar-refractivity contribution in [3.8, 4) is 10.6 Å². The lowest BCUT2D eigenvalue weighted by molar-refractivity contribution is -0.120. The lowest BCUT2D eigenvalue weighted by atomic mass is 10.2. The predicted octanol–water partition coefficient (Wildman–Crippen LogP) is 4.36. The molecule has 0 bridgehead atoms. The molecule has 0 saturated heterocycles. The average Bonchev–Trinajstić information content (AvgIpc) is 3.26. The van der Waals surface area contributed by atoms with Gasteiger partial charge in [-0.05, 0) is 37.0 Å². The summed E-state index contributed by atoms with van der Waals surface area (Å²) in [5.41, 5.74) is 7.53. The highest BCUT2D eigenvalue weighted by Crippen LogP contribution is 2.32. The van der Waals surface area contributed by atoms with Crippen molar-refractivity contribution < 1.29 is 4.79 Å². The summed E-state index contributed by atoms with van der Waals surface area (Å²) < 4.78 is 0. The van der Waals surface area contributed by atoms with E-state index in [-0.39, 0.29) is 43.2 Å². The fraction of sp³-hybridized carbons (Fsp3) is 0.375. The topological polar surface area (TPSA) is 68.0 Å². The molecule has 0 spiro atoms. The Labute approximate surface area is 173 Å². The van der Waals surface area contributed by atoms with Gasteiger partial charge in [0, 0.05) is 28.6 Å². The highest BCUT2D eigenvalue weighted by molar-refractivity contribution is 7.13. The number of rotatable bonds is 6. The first-order chi connectivity index (χ1) is 11.0. The molecule has 4 nitrogen and oxygen atoms in total. The van der Waals surface area contributed by atoms with Crippen LogP contribution in [0.4, 0.5) is 0 Å². The molecule has 1 saturated carbocycles. The molecule has 9 heteroatoms. The molecule has 1 aliphatic carbocycles. The van der Waals surface area contributed by atoms with Gasteiger partial charge >= 0.3 is 0 Å². The first kappa shape index (κ1) is 22.5. The van der Waals surface area contributed by atoms with Gasteiger partial charge in [-0.1, -0.05) is 23.2 Å². The molecule has 3 rings (SSSR count). The Morgan fingerprint density at radius 2 is 2.08 bits per heavy atom. The number of hydrogen-bond acceptors (Lipinski definition) is 4. The second kappa shape index (κ2) is 9.95. The van der Waals surface area contributed by atoms with Gasteiger partial charge in [0.25, 0.3) is 0 Å². The van der Waals surface area contributed by atoms with E-state index < -0.39 is 0 Å². The maximum absolute atomic E-state index is 12.0. The highest BCUT2D eigenvalue weighted by atomic mass is 35.5. The second-order valence-corrected chi connectivity index (χ2v) is 7.45. The Bertz CT molecular complexity index is 721. The van der Waals surface area contributed by atoms with Crippen molar-refractivity contribution in [3.05, 3.63) is 39.3 Å². The Morgan fingerprint density at radius 3 is 2.72 bits per heavy atom. The number of aromatic nitrogens is 1. The van der Waals surface area contributed by atoms with Crippen molar-refractivity contribution in [1.29, 1.82) is 0 Å². The number of nitrogens with one attached hydrogen (secondary N) is 1. The third-order valence-electron chi connectivity index (χ3n) is 3.82. The molecule has 1 fully saturated rings. The zero-order chi connectivity index (χ0) is 16.4. The van der Waals surface area contributed by atoms with E-state index in [2.05, 4.69) is 10.3 Å². The van der Waals surface area contributed by atoms with E-state index >= 15 is 0 Å². The van der Waals surface area contributed by atoms with Crippen molar-refractivity contribution in [1.82, 2.24) is 10.3 Å². The van der Waals surface area contributed by atoms with Gasteiger partial charge in [-0.15, -0.1) is 36.2 Å². The van der Waals surface area contributed by atoms with Crippen LogP contribution in [0, 0.1) is 5.92 Å². The summed E-state index contributed by atoms with van der Waals surface area (Å²) in [4.78, 5) is 16.5. The maximum atomic E-state index is 12.0. The maximum Gasteiger partial charge on any atom is 0.226 e. The van der Waals surface area contributed by atoms with E-state index in [1.807, 2.05) is 11.4 Å². The fourth-order valence-corrected chi connectivity index (χ4v) is 3.74. The Hall–Kier alpha value is -0.560. The minimum Gasteiger partial charge on any atom is -0.354 e. The highest BCUT2D eigenvalue weighted by Gasteiger charge is 2.28. The van der Waals surface area contributed by atoms with E-state index in [1.54, 1.807) is 12.1 Å². The molecule has 2 aromatic rings. The van der Waals surface area contributed by atoms with Gasteiger partial charge < -0.3 is 11.1 Å². The molecular formula is C16H19Cl4N3OS. The van der Waals surface area contributed by atoms with Crippen LogP contribution in [0.1, 0.15) is 18.5 Å². The molecule has 1 heterocycles. The van der Waals surface area contributed by atoms with E-state index in [1.165, 1.54) is 24.2 Å². The zero-order valence-electron chi connectivity index (χ0n) is 13.2. The Balaban J connectivity index is 0.00000156. The average molecular weight is 443 g/mol. The summed E-state index contributed by atoms with van der Waals surface area (Å²) in [6, 6.07) is 5.36. The smallest absolute Gasteiger partial charge is 0.226 e. The number of hydrogen-bond donors (Lipinski definition) is 2. The van der Waals surface area contributed by atoms with Crippen molar-refractivity contribution >= 4 is 65.3 Å². The van der Waals surface area contributed by atoms with Gasteiger partial charge in [0.15, 0.2) is 0 Å². The molecule has 0 radical (unpaired) electrons. The first-order valence-corrected chi connectivity index (χ1v) is 9.08. The summed E-state index contributed by atoms with van der Waals surface area (Å²) >= 11 is 13.5. The van der Waals surface area contributed by atoms with E-state index in [0.29, 0.717) is 22.5 Å². The van der Waals surface area contributed by atoms with Gasteiger partial charge in [0.2, 0.25) is 5.91 Å². The zero-order valence-corrected chi connectivity index (χ0v) is 17.2. The van der Waals surface area contributed by atoms with E-state index in [9.17, 15) is 4.79 Å². The van der Waals surface area contributed by atoms with Gasteiger partial charge in [-0.2, -0.15) is 0 Å². The standard InChI is InChI=1S/C16H17Cl2N3OS.2ClH/c17-10-3-4-12(13(18)5-10)16-21-11(8-23-16)6-15(22)20-7-14(19)9-1-2-9;;/h3-5,8-9,14H,1-2,6-7,19H2,(H,20,22);2*1H. The Kier molecular flexibility index (Phi) is 8.95.